The number of aryl methyl sites for hydroxylation is 1. The third kappa shape index (κ3) is 2.90. The Morgan fingerprint density at radius 1 is 1.41 bits per heavy atom. The summed E-state index contributed by atoms with van der Waals surface area (Å²) >= 11 is 1.06. The molecule has 0 unspecified atom stereocenters. The first-order valence-corrected chi connectivity index (χ1v) is 8.06. The number of rotatable bonds is 3. The van der Waals surface area contributed by atoms with E-state index in [-0.39, 0.29) is 10.4 Å². The van der Waals surface area contributed by atoms with Gasteiger partial charge in [0.15, 0.2) is 0 Å². The van der Waals surface area contributed by atoms with Crippen molar-refractivity contribution in [2.24, 2.45) is 0 Å². The van der Waals surface area contributed by atoms with E-state index in [0.717, 1.165) is 43.9 Å². The first-order valence-electron chi connectivity index (χ1n) is 7.25. The minimum Gasteiger partial charge on any atom is -0.477 e. The van der Waals surface area contributed by atoms with Crippen LogP contribution in [0.1, 0.15) is 27.5 Å². The van der Waals surface area contributed by atoms with E-state index >= 15 is 0 Å². The summed E-state index contributed by atoms with van der Waals surface area (Å²) in [5.74, 6) is -0.419. The summed E-state index contributed by atoms with van der Waals surface area (Å²) in [7, 11) is 0. The van der Waals surface area contributed by atoms with Gasteiger partial charge in [0.1, 0.15) is 15.5 Å². The van der Waals surface area contributed by atoms with Crippen molar-refractivity contribution in [2.75, 3.05) is 26.2 Å². The molecule has 0 aromatic carbocycles. The lowest BCUT2D eigenvalue weighted by Gasteiger charge is -2.18. The van der Waals surface area contributed by atoms with Crippen molar-refractivity contribution in [3.63, 3.8) is 0 Å². The maximum atomic E-state index is 12.3. The molecule has 22 heavy (non-hydrogen) atoms. The summed E-state index contributed by atoms with van der Waals surface area (Å²) in [6.45, 7) is 6.02. The van der Waals surface area contributed by atoms with Crippen molar-refractivity contribution in [3.05, 3.63) is 26.6 Å². The number of carboxylic acid groups (broad SMARTS) is 1. The number of nitrogens with one attached hydrogen (secondary N) is 2. The van der Waals surface area contributed by atoms with Gasteiger partial charge in [-0.05, 0) is 32.0 Å². The van der Waals surface area contributed by atoms with Crippen LogP contribution in [0.25, 0.3) is 10.2 Å². The van der Waals surface area contributed by atoms with Crippen molar-refractivity contribution in [2.45, 2.75) is 19.9 Å². The Bertz CT molecular complexity index is 759. The van der Waals surface area contributed by atoms with Crippen LogP contribution in [0, 0.1) is 6.92 Å². The summed E-state index contributed by atoms with van der Waals surface area (Å²) < 4.78 is 0. The first-order chi connectivity index (χ1) is 10.6. The van der Waals surface area contributed by atoms with Crippen molar-refractivity contribution in [1.82, 2.24) is 20.2 Å². The minimum atomic E-state index is -1.01. The van der Waals surface area contributed by atoms with Gasteiger partial charge in [0, 0.05) is 13.1 Å². The predicted octanol–water partition coefficient (Wildman–Crippen LogP) is 0.787. The van der Waals surface area contributed by atoms with Gasteiger partial charge >= 0.3 is 5.97 Å². The monoisotopic (exact) mass is 322 g/mol. The SMILES string of the molecule is Cc1c(C(=O)O)sc2nc(CN3CCCNCC3)[nH]c(=O)c12. The number of thiophene rings is 1. The average Bonchev–Trinajstić information content (AvgIpc) is 2.63. The fraction of sp³-hybridized carbons (Fsp3) is 0.500. The Hall–Kier alpha value is -1.77. The fourth-order valence-electron chi connectivity index (χ4n) is 2.74. The van der Waals surface area contributed by atoms with Gasteiger partial charge in [0.2, 0.25) is 0 Å². The molecule has 0 aliphatic carbocycles. The standard InChI is InChI=1S/C14H18N4O3S/c1-8-10-12(19)16-9(7-18-5-2-3-15-4-6-18)17-13(10)22-11(8)14(20)21/h15H,2-7H2,1H3,(H,20,21)(H,16,17,19). The smallest absolute Gasteiger partial charge is 0.346 e. The normalized spacial score (nSPS) is 16.8. The zero-order valence-electron chi connectivity index (χ0n) is 12.3. The van der Waals surface area contributed by atoms with E-state index in [1.165, 1.54) is 0 Å². The highest BCUT2D eigenvalue weighted by Gasteiger charge is 2.19. The van der Waals surface area contributed by atoms with Crippen LogP contribution in [0.3, 0.4) is 0 Å². The van der Waals surface area contributed by atoms with Crippen LogP contribution in [-0.2, 0) is 6.54 Å². The average molecular weight is 322 g/mol. The van der Waals surface area contributed by atoms with Gasteiger partial charge in [0.25, 0.3) is 5.56 Å². The molecule has 1 fully saturated rings. The number of nitrogens with zero attached hydrogens (tertiary/aromatic N) is 2. The molecule has 1 aliphatic rings. The maximum Gasteiger partial charge on any atom is 0.346 e. The summed E-state index contributed by atoms with van der Waals surface area (Å²) in [4.78, 5) is 33.6. The predicted molar refractivity (Wildman–Crippen MR) is 84.7 cm³/mol. The lowest BCUT2D eigenvalue weighted by molar-refractivity contribution is 0.0701. The number of carbonyl (C=O) groups is 1. The molecule has 0 saturated carbocycles. The molecule has 2 aromatic rings. The number of H-pyrrole nitrogens is 1. The van der Waals surface area contributed by atoms with E-state index in [9.17, 15) is 14.7 Å². The number of hydrogen-bond donors (Lipinski definition) is 3. The topological polar surface area (TPSA) is 98.3 Å². The molecule has 2 aromatic heterocycles. The molecule has 0 radical (unpaired) electrons. The summed E-state index contributed by atoms with van der Waals surface area (Å²) in [5.41, 5.74) is 0.237. The molecular formula is C14H18N4O3S. The third-order valence-electron chi connectivity index (χ3n) is 3.85. The lowest BCUT2D eigenvalue weighted by Crippen LogP contribution is -2.29. The zero-order valence-corrected chi connectivity index (χ0v) is 13.1. The number of fused-ring (bicyclic) bond motifs is 1. The highest BCUT2D eigenvalue weighted by atomic mass is 32.1. The van der Waals surface area contributed by atoms with Gasteiger partial charge in [-0.2, -0.15) is 0 Å². The molecule has 3 N–H and O–H groups in total. The zero-order chi connectivity index (χ0) is 15.7. The van der Waals surface area contributed by atoms with Gasteiger partial charge < -0.3 is 15.4 Å². The Morgan fingerprint density at radius 3 is 3.00 bits per heavy atom. The molecule has 3 rings (SSSR count). The van der Waals surface area contributed by atoms with Gasteiger partial charge in [-0.1, -0.05) is 0 Å². The van der Waals surface area contributed by atoms with Crippen molar-refractivity contribution >= 4 is 27.5 Å². The second-order valence-corrected chi connectivity index (χ2v) is 6.43. The highest BCUT2D eigenvalue weighted by Crippen LogP contribution is 2.26. The molecular weight excluding hydrogens is 304 g/mol. The molecule has 0 amide bonds. The molecule has 3 heterocycles. The van der Waals surface area contributed by atoms with E-state index in [2.05, 4.69) is 20.2 Å². The number of hydrogen-bond acceptors (Lipinski definition) is 6. The van der Waals surface area contributed by atoms with Gasteiger partial charge in [-0.25, -0.2) is 9.78 Å². The van der Waals surface area contributed by atoms with Crippen LogP contribution in [-0.4, -0.2) is 52.1 Å². The van der Waals surface area contributed by atoms with Gasteiger partial charge in [-0.15, -0.1) is 11.3 Å². The first kappa shape index (κ1) is 15.1. The molecule has 1 aliphatic heterocycles. The number of aromatic nitrogens is 2. The van der Waals surface area contributed by atoms with E-state index in [1.54, 1.807) is 6.92 Å². The third-order valence-corrected chi connectivity index (χ3v) is 5.02. The van der Waals surface area contributed by atoms with Crippen LogP contribution >= 0.6 is 11.3 Å². The molecule has 8 heteroatoms. The summed E-state index contributed by atoms with van der Waals surface area (Å²) in [6.07, 6.45) is 1.06. The molecule has 0 bridgehead atoms. The number of aromatic amines is 1. The van der Waals surface area contributed by atoms with Crippen molar-refractivity contribution in [3.8, 4) is 0 Å². The quantitative estimate of drug-likeness (QED) is 0.773. The van der Waals surface area contributed by atoms with E-state index in [4.69, 9.17) is 0 Å². The fourth-order valence-corrected chi connectivity index (χ4v) is 3.78. The second kappa shape index (κ2) is 6.15. The largest absolute Gasteiger partial charge is 0.477 e. The highest BCUT2D eigenvalue weighted by molar-refractivity contribution is 7.20. The van der Waals surface area contributed by atoms with E-state index < -0.39 is 5.97 Å². The molecule has 0 atom stereocenters. The molecule has 118 valence electrons. The Morgan fingerprint density at radius 2 is 2.23 bits per heavy atom. The Balaban J connectivity index is 1.94. The van der Waals surface area contributed by atoms with Crippen LogP contribution in [0.2, 0.25) is 0 Å². The van der Waals surface area contributed by atoms with Crippen LogP contribution in [0.5, 0.6) is 0 Å². The number of aromatic carboxylic acids is 1. The molecule has 1 saturated heterocycles. The molecule has 7 nitrogen and oxygen atoms in total. The van der Waals surface area contributed by atoms with Crippen LogP contribution < -0.4 is 10.9 Å². The number of carboxylic acids is 1. The second-order valence-electron chi connectivity index (χ2n) is 5.43. The Labute approximate surface area is 131 Å². The summed E-state index contributed by atoms with van der Waals surface area (Å²) in [5, 5.41) is 12.9. The van der Waals surface area contributed by atoms with Gasteiger partial charge in [-0.3, -0.25) is 9.69 Å². The van der Waals surface area contributed by atoms with Gasteiger partial charge in [0.05, 0.1) is 11.9 Å². The summed E-state index contributed by atoms with van der Waals surface area (Å²) in [6, 6.07) is 0. The van der Waals surface area contributed by atoms with Crippen LogP contribution in [0.4, 0.5) is 0 Å². The maximum absolute atomic E-state index is 12.3. The van der Waals surface area contributed by atoms with Crippen molar-refractivity contribution < 1.29 is 9.90 Å². The molecule has 0 spiro atoms. The Kier molecular flexibility index (Phi) is 4.23. The van der Waals surface area contributed by atoms with Crippen LogP contribution in [0.15, 0.2) is 4.79 Å². The minimum absolute atomic E-state index is 0.184. The van der Waals surface area contributed by atoms with E-state index in [0.29, 0.717) is 28.1 Å². The van der Waals surface area contributed by atoms with E-state index in [1.807, 2.05) is 0 Å². The van der Waals surface area contributed by atoms with Crippen molar-refractivity contribution in [1.29, 1.82) is 0 Å². The lowest BCUT2D eigenvalue weighted by atomic mass is 10.2.